The topological polar surface area (TPSA) is 267 Å². The molecule has 5 rings (SSSR count). The summed E-state index contributed by atoms with van der Waals surface area (Å²) in [6.07, 6.45) is -3.10. The highest BCUT2D eigenvalue weighted by molar-refractivity contribution is 7.20. The zero-order valence-electron chi connectivity index (χ0n) is 47.8. The predicted octanol–water partition coefficient (Wildman–Crippen LogP) is 4.13. The molecule has 27 heteroatoms. The van der Waals surface area contributed by atoms with Gasteiger partial charge in [0.25, 0.3) is 0 Å². The van der Waals surface area contributed by atoms with E-state index >= 15 is 8.78 Å². The Morgan fingerprint density at radius 3 is 1.73 bits per heavy atom. The first-order valence-corrected chi connectivity index (χ1v) is 27.6. The number of esters is 2. The van der Waals surface area contributed by atoms with Crippen LogP contribution in [0.1, 0.15) is 74.0 Å². The molecule has 0 bridgehead atoms. The highest BCUT2D eigenvalue weighted by atomic mass is 32.1. The number of hydrogen-bond acceptors (Lipinski definition) is 22. The van der Waals surface area contributed by atoms with E-state index in [-0.39, 0.29) is 136 Å². The average molecular weight is 1190 g/mol. The third kappa shape index (κ3) is 22.5. The second-order valence-electron chi connectivity index (χ2n) is 18.2. The summed E-state index contributed by atoms with van der Waals surface area (Å²) in [6, 6.07) is 4.45. The first-order chi connectivity index (χ1) is 40.1. The zero-order chi connectivity index (χ0) is 59.9. The highest BCUT2D eigenvalue weighted by Crippen LogP contribution is 2.41. The maximum atomic E-state index is 16.0. The molecule has 0 spiro atoms. The smallest absolute Gasteiger partial charge is 0.306 e. The minimum Gasteiger partial charge on any atom is -0.493 e. The first-order valence-electron chi connectivity index (χ1n) is 27.4. The van der Waals surface area contributed by atoms with Crippen LogP contribution in [-0.4, -0.2) is 211 Å². The van der Waals surface area contributed by atoms with E-state index in [0.717, 1.165) is 11.3 Å². The van der Waals surface area contributed by atoms with Crippen molar-refractivity contribution < 1.29 is 110 Å². The lowest BCUT2D eigenvalue weighted by Crippen LogP contribution is -2.42. The lowest BCUT2D eigenvalue weighted by molar-refractivity contribution is -0.148. The number of methoxy groups -OCH3 is 3. The fourth-order valence-electron chi connectivity index (χ4n) is 7.88. The number of likely N-dealkylation sites (tertiary alicyclic amines) is 1. The molecule has 2 aliphatic rings. The van der Waals surface area contributed by atoms with Crippen molar-refractivity contribution >= 4 is 62.8 Å². The van der Waals surface area contributed by atoms with Gasteiger partial charge in [-0.05, 0) is 24.6 Å². The van der Waals surface area contributed by atoms with Crippen LogP contribution in [-0.2, 0) is 89.2 Å². The molecular formula is C55H75F2N3O21S. The standard InChI is InChI=1S/C55H75F2N3O21S/c1-37(33-58-46(62)36-60-48(64)7-8-49(60)65)81-51(67)10-6-41(61)45-31-39-44(82-45)32-43(70-4)55(52(39)56)80-13-5-12-79-54-42(69-3)30-38-34-59(35-40(38)53(54)57)47(63)9-11-50(66)78-29-28-77-27-26-76-25-24-75-23-22-74-21-20-73-19-18-72-17-16-71-15-14-68-2/h30-32,37H,5-29,33-36H2,1-4H3,(H,58,62)/t37-/m0/s1/i7T/t7?,37-. The summed E-state index contributed by atoms with van der Waals surface area (Å²) in [5.41, 5.74) is 0.752. The number of nitrogens with one attached hydrogen (secondary N) is 1. The molecule has 1 unspecified atom stereocenters. The number of imide groups is 1. The number of hydrogen-bond donors (Lipinski definition) is 1. The van der Waals surface area contributed by atoms with E-state index in [1.807, 2.05) is 0 Å². The van der Waals surface area contributed by atoms with Gasteiger partial charge in [0.2, 0.25) is 23.6 Å². The summed E-state index contributed by atoms with van der Waals surface area (Å²) in [6.45, 7) is 6.96. The normalized spacial score (nSPS) is 14.5. The van der Waals surface area contributed by atoms with Gasteiger partial charge in [-0.25, -0.2) is 8.78 Å². The van der Waals surface area contributed by atoms with Crippen molar-refractivity contribution in [3.8, 4) is 23.0 Å². The van der Waals surface area contributed by atoms with Crippen molar-refractivity contribution in [2.45, 2.75) is 71.0 Å². The number of halogens is 2. The summed E-state index contributed by atoms with van der Waals surface area (Å²) >= 11 is 0.993. The minimum absolute atomic E-state index is 0.00906. The van der Waals surface area contributed by atoms with Crippen LogP contribution < -0.4 is 24.3 Å². The van der Waals surface area contributed by atoms with Gasteiger partial charge in [-0.15, -0.1) is 11.3 Å². The summed E-state index contributed by atoms with van der Waals surface area (Å²) in [4.78, 5) is 89.4. The predicted molar refractivity (Wildman–Crippen MR) is 287 cm³/mol. The Bertz CT molecular complexity index is 2590. The van der Waals surface area contributed by atoms with Gasteiger partial charge in [0, 0.05) is 75.4 Å². The van der Waals surface area contributed by atoms with Gasteiger partial charge in [-0.3, -0.25) is 38.5 Å². The van der Waals surface area contributed by atoms with Crippen molar-refractivity contribution in [3.63, 3.8) is 0 Å². The molecule has 0 aliphatic carbocycles. The lowest BCUT2D eigenvalue weighted by Gasteiger charge is -2.16. The number of carbonyl (C=O) groups is 7. The van der Waals surface area contributed by atoms with Crippen molar-refractivity contribution in [3.05, 3.63) is 45.8 Å². The van der Waals surface area contributed by atoms with Crippen LogP contribution in [0.3, 0.4) is 0 Å². The summed E-state index contributed by atoms with van der Waals surface area (Å²) in [5, 5.41) is 2.54. The molecule has 456 valence electrons. The lowest BCUT2D eigenvalue weighted by atomic mass is 10.1. The number of ketones is 1. The quantitative estimate of drug-likeness (QED) is 0.0361. The summed E-state index contributed by atoms with van der Waals surface area (Å²) < 4.78 is 116. The number of thiophene rings is 1. The van der Waals surface area contributed by atoms with Gasteiger partial charge < -0.3 is 76.5 Å². The van der Waals surface area contributed by atoms with Crippen molar-refractivity contribution in [1.82, 2.24) is 15.1 Å². The molecular weight excluding hydrogens is 1110 g/mol. The largest absolute Gasteiger partial charge is 0.493 e. The molecule has 2 aliphatic heterocycles. The number of nitrogens with zero attached hydrogens (tertiary/aromatic N) is 2. The van der Waals surface area contributed by atoms with Crippen LogP contribution >= 0.6 is 11.3 Å². The van der Waals surface area contributed by atoms with Gasteiger partial charge in [0.05, 0.1) is 151 Å². The molecule has 2 atom stereocenters. The van der Waals surface area contributed by atoms with Crippen LogP contribution in [0.15, 0.2) is 18.2 Å². The molecule has 0 radical (unpaired) electrons. The first kappa shape index (κ1) is 65.0. The Morgan fingerprint density at radius 1 is 0.646 bits per heavy atom. The van der Waals surface area contributed by atoms with Crippen LogP contribution in [0.25, 0.3) is 10.1 Å². The van der Waals surface area contributed by atoms with Gasteiger partial charge in [-0.2, -0.15) is 0 Å². The maximum absolute atomic E-state index is 16.0. The second kappa shape index (κ2) is 37.1. The van der Waals surface area contributed by atoms with E-state index in [1.54, 1.807) is 13.2 Å². The van der Waals surface area contributed by atoms with Crippen molar-refractivity contribution in [2.75, 3.05) is 153 Å². The zero-order valence-corrected chi connectivity index (χ0v) is 47.6. The minimum atomic E-state index is -1.24. The Balaban J connectivity index is 0.912. The van der Waals surface area contributed by atoms with E-state index < -0.39 is 66.1 Å². The van der Waals surface area contributed by atoms with Crippen LogP contribution in [0.2, 0.25) is 0 Å². The van der Waals surface area contributed by atoms with Crippen LogP contribution in [0.4, 0.5) is 8.78 Å². The SMILES string of the molecule is [3H]C1CC(=O)N(CC(=O)NC[C@H](C)OC(=O)CCC(=O)c2cc3c(F)c(OCCCOc4c(OC)cc5c(c4F)CN(C(=O)CCC(=O)OCCOCCOCCOCCOCCOCCOCCOCCOC)C5)c(OC)cc3s2)C1=O. The summed E-state index contributed by atoms with van der Waals surface area (Å²) in [7, 11) is 4.29. The molecule has 1 fully saturated rings. The number of carbonyl (C=O) groups excluding carboxylic acids is 7. The molecule has 2 aromatic carbocycles. The third-order valence-corrected chi connectivity index (χ3v) is 13.2. The number of Topliss-reactive ketones (excluding diaryl/α,β-unsaturated/α-hetero) is 1. The van der Waals surface area contributed by atoms with Crippen molar-refractivity contribution in [2.24, 2.45) is 0 Å². The fraction of sp³-hybridized carbons (Fsp3) is 0.618. The van der Waals surface area contributed by atoms with E-state index in [1.165, 1.54) is 38.2 Å². The Kier molecular flexibility index (Phi) is 29.4. The highest BCUT2D eigenvalue weighted by Gasteiger charge is 2.32. The molecule has 1 aromatic heterocycles. The third-order valence-electron chi connectivity index (χ3n) is 12.1. The van der Waals surface area contributed by atoms with Gasteiger partial charge >= 0.3 is 11.9 Å². The fourth-order valence-corrected chi connectivity index (χ4v) is 8.93. The average Bonchev–Trinajstić information content (AvgIpc) is 4.21. The monoisotopic (exact) mass is 1190 g/mol. The Labute approximate surface area is 479 Å². The van der Waals surface area contributed by atoms with Gasteiger partial charge in [0.15, 0.2) is 40.4 Å². The van der Waals surface area contributed by atoms with E-state index in [4.69, 9.17) is 67.7 Å². The van der Waals surface area contributed by atoms with E-state index in [2.05, 4.69) is 5.32 Å². The van der Waals surface area contributed by atoms with E-state index in [9.17, 15) is 33.6 Å². The van der Waals surface area contributed by atoms with Gasteiger partial charge in [-0.1, -0.05) is 0 Å². The molecule has 24 nitrogen and oxygen atoms in total. The molecule has 1 N–H and O–H groups in total. The number of rotatable bonds is 44. The van der Waals surface area contributed by atoms with Crippen molar-refractivity contribution in [1.29, 1.82) is 0 Å². The molecule has 4 amide bonds. The van der Waals surface area contributed by atoms with Crippen LogP contribution in [0, 0.1) is 11.6 Å². The molecule has 82 heavy (non-hydrogen) atoms. The number of amides is 4. The summed E-state index contributed by atoms with van der Waals surface area (Å²) in [5.74, 6) is -5.95. The maximum Gasteiger partial charge on any atom is 0.306 e. The molecule has 1 saturated heterocycles. The molecule has 3 aromatic rings. The van der Waals surface area contributed by atoms with Crippen LogP contribution in [0.5, 0.6) is 23.0 Å². The van der Waals surface area contributed by atoms with E-state index in [0.29, 0.717) is 101 Å². The van der Waals surface area contributed by atoms with Gasteiger partial charge in [0.1, 0.15) is 19.3 Å². The Hall–Kier alpha value is -6.17. The molecule has 0 saturated carbocycles. The number of fused-ring (bicyclic) bond motifs is 2. The number of ether oxygens (including phenoxy) is 14. The second-order valence-corrected chi connectivity index (χ2v) is 19.2. The number of benzene rings is 2. The molecule has 3 heterocycles. The Morgan fingerprint density at radius 2 is 1.18 bits per heavy atom.